The van der Waals surface area contributed by atoms with Crippen molar-refractivity contribution in [3.63, 3.8) is 0 Å². The SMILES string of the molecule is CCC(N/C=C\C(C)=O)C1CCC(c2cc(Nc3cc[c]4c(c3F)C[NH][Sb]4[CH3])n[nH]2)C1. The number of aromatic nitrogens is 2. The number of carbonyl (C=O) groups is 1. The standard InChI is InChI=1S/C22H28FN5O.CH3.Sb/c1-3-18(25-10-9-14(2)29)15-7-8-16(11-15)20-12-21(28-27-20)26-19-6-4-5-17(13-24)22(19)23;;/h4,6,9-10,12,15-16,18,24-25H,3,7-8,11,13H2,1-2H3,(H2,26,27,28);1H3;/q-1;;+1/b10-9-;;. The van der Waals surface area contributed by atoms with Crippen molar-refractivity contribution >= 4 is 41.3 Å². The number of allylic oxidation sites excluding steroid dienone is 1. The molecule has 1 aliphatic carbocycles. The molecule has 1 saturated carbocycles. The number of nitrogens with one attached hydrogen (secondary N) is 4. The van der Waals surface area contributed by atoms with Gasteiger partial charge in [0.05, 0.1) is 0 Å². The number of benzene rings is 1. The molecule has 8 heteroatoms. The summed E-state index contributed by atoms with van der Waals surface area (Å²) in [6.45, 7) is 4.37. The molecule has 31 heavy (non-hydrogen) atoms. The Balaban J connectivity index is 1.39. The van der Waals surface area contributed by atoms with Crippen LogP contribution < -0.4 is 17.6 Å². The van der Waals surface area contributed by atoms with Crippen LogP contribution >= 0.6 is 0 Å². The fraction of sp³-hybridized carbons (Fsp3) is 0.478. The zero-order valence-corrected chi connectivity index (χ0v) is 20.9. The minimum absolute atomic E-state index is 0.0532. The van der Waals surface area contributed by atoms with Crippen molar-refractivity contribution < 1.29 is 9.18 Å². The van der Waals surface area contributed by atoms with Crippen molar-refractivity contribution in [2.24, 2.45) is 5.92 Å². The number of fused-ring (bicyclic) bond motifs is 1. The number of hydrogen-bond donors (Lipinski definition) is 4. The summed E-state index contributed by atoms with van der Waals surface area (Å²) in [6, 6.07) is 6.29. The number of halogens is 1. The third-order valence-electron chi connectivity index (χ3n) is 6.48. The first-order chi connectivity index (χ1) is 15.0. The van der Waals surface area contributed by atoms with Gasteiger partial charge in [0.15, 0.2) is 5.78 Å². The molecule has 0 amide bonds. The zero-order valence-electron chi connectivity index (χ0n) is 18.3. The van der Waals surface area contributed by atoms with Crippen LogP contribution in [0.3, 0.4) is 0 Å². The van der Waals surface area contributed by atoms with Crippen LogP contribution in [0.1, 0.15) is 56.7 Å². The van der Waals surface area contributed by atoms with Crippen LogP contribution in [-0.4, -0.2) is 42.5 Å². The number of hydrogen-bond acceptors (Lipinski definition) is 5. The van der Waals surface area contributed by atoms with Gasteiger partial charge in [0.1, 0.15) is 0 Å². The monoisotopic (exact) mass is 533 g/mol. The van der Waals surface area contributed by atoms with E-state index in [2.05, 4.69) is 42.2 Å². The summed E-state index contributed by atoms with van der Waals surface area (Å²) in [6.07, 6.45) is 7.70. The first kappa shape index (κ1) is 22.3. The van der Waals surface area contributed by atoms with Gasteiger partial charge in [-0.15, -0.1) is 0 Å². The number of anilines is 2. The molecule has 1 aliphatic heterocycles. The second-order valence-electron chi connectivity index (χ2n) is 8.55. The molecule has 0 spiro atoms. The van der Waals surface area contributed by atoms with Crippen molar-refractivity contribution in [3.8, 4) is 0 Å². The third kappa shape index (κ3) is 4.98. The molecule has 1 fully saturated rings. The van der Waals surface area contributed by atoms with Gasteiger partial charge in [-0.05, 0) is 19.4 Å². The number of nitrogens with zero attached hydrogens (tertiary/aromatic N) is 1. The topological polar surface area (TPSA) is 81.8 Å². The van der Waals surface area contributed by atoms with Gasteiger partial charge in [-0.1, -0.05) is 6.92 Å². The predicted molar refractivity (Wildman–Crippen MR) is 123 cm³/mol. The van der Waals surface area contributed by atoms with Crippen LogP contribution in [0.15, 0.2) is 30.5 Å². The molecule has 3 unspecified atom stereocenters. The average molecular weight is 534 g/mol. The molecular weight excluding hydrogens is 503 g/mol. The molecule has 166 valence electrons. The van der Waals surface area contributed by atoms with Gasteiger partial charge in [0.2, 0.25) is 0 Å². The van der Waals surface area contributed by atoms with Crippen molar-refractivity contribution in [2.75, 3.05) is 5.32 Å². The van der Waals surface area contributed by atoms with E-state index in [0.29, 0.717) is 35.9 Å². The maximum atomic E-state index is 14.9. The number of carbonyl (C=O) groups excluding carboxylic acids is 1. The van der Waals surface area contributed by atoms with E-state index in [1.165, 1.54) is 3.51 Å². The van der Waals surface area contributed by atoms with Crippen LogP contribution in [0, 0.1) is 11.7 Å². The van der Waals surface area contributed by atoms with Gasteiger partial charge in [-0.3, -0.25) is 4.79 Å². The van der Waals surface area contributed by atoms with Gasteiger partial charge < -0.3 is 5.32 Å². The Morgan fingerprint density at radius 2 is 2.26 bits per heavy atom. The first-order valence-corrected chi connectivity index (χ1v) is 16.1. The molecule has 0 bridgehead atoms. The van der Waals surface area contributed by atoms with Crippen molar-refractivity contribution in [1.29, 1.82) is 0 Å². The fourth-order valence-electron chi connectivity index (χ4n) is 4.76. The van der Waals surface area contributed by atoms with E-state index in [9.17, 15) is 9.18 Å². The molecule has 4 rings (SSSR count). The van der Waals surface area contributed by atoms with E-state index in [0.717, 1.165) is 36.9 Å². The summed E-state index contributed by atoms with van der Waals surface area (Å²) in [7, 11) is 0. The van der Waals surface area contributed by atoms with Crippen LogP contribution in [0.5, 0.6) is 0 Å². The normalized spacial score (nSPS) is 22.1. The van der Waals surface area contributed by atoms with Gasteiger partial charge in [0.25, 0.3) is 0 Å². The molecule has 0 radical (unpaired) electrons. The van der Waals surface area contributed by atoms with Gasteiger partial charge >= 0.3 is 143 Å². The van der Waals surface area contributed by atoms with Crippen molar-refractivity contribution in [2.45, 2.75) is 62.9 Å². The second kappa shape index (κ2) is 9.74. The third-order valence-corrected chi connectivity index (χ3v) is 11.5. The summed E-state index contributed by atoms with van der Waals surface area (Å²) in [5.41, 5.74) is 2.42. The Labute approximate surface area is 190 Å². The van der Waals surface area contributed by atoms with Crippen LogP contribution in [0.4, 0.5) is 15.9 Å². The summed E-state index contributed by atoms with van der Waals surface area (Å²) in [5, 5.41) is 14.1. The quantitative estimate of drug-likeness (QED) is 0.308. The summed E-state index contributed by atoms with van der Waals surface area (Å²) < 4.78 is 19.6. The molecule has 4 N–H and O–H groups in total. The van der Waals surface area contributed by atoms with E-state index in [1.54, 1.807) is 19.2 Å². The molecule has 2 aliphatic rings. The number of ketones is 1. The van der Waals surface area contributed by atoms with E-state index < -0.39 is 20.5 Å². The molecule has 0 saturated heterocycles. The summed E-state index contributed by atoms with van der Waals surface area (Å²) in [5.74, 6) is 1.54. The van der Waals surface area contributed by atoms with E-state index in [1.807, 2.05) is 12.1 Å². The average Bonchev–Trinajstić information content (AvgIpc) is 3.48. The zero-order chi connectivity index (χ0) is 22.0. The van der Waals surface area contributed by atoms with Crippen LogP contribution in [-0.2, 0) is 11.3 Å². The predicted octanol–water partition coefficient (Wildman–Crippen LogP) is 3.58. The van der Waals surface area contributed by atoms with Crippen LogP contribution in [0.25, 0.3) is 0 Å². The Bertz CT molecular complexity index is 975. The summed E-state index contributed by atoms with van der Waals surface area (Å²) >= 11 is -1.63. The second-order valence-corrected chi connectivity index (χ2v) is 14.0. The summed E-state index contributed by atoms with van der Waals surface area (Å²) in [4.78, 5) is 13.4. The molecule has 1 aromatic carbocycles. The van der Waals surface area contributed by atoms with Gasteiger partial charge in [0, 0.05) is 6.20 Å². The fourth-order valence-corrected chi connectivity index (χ4v) is 8.89. The Morgan fingerprint density at radius 1 is 1.42 bits per heavy atom. The minimum atomic E-state index is -1.63. The molecule has 2 heterocycles. The Hall–Kier alpha value is -1.85. The maximum absolute atomic E-state index is 14.9. The molecule has 3 atom stereocenters. The molecule has 2 aromatic rings. The van der Waals surface area contributed by atoms with Gasteiger partial charge in [-0.25, -0.2) is 0 Å². The molecule has 6 nitrogen and oxygen atoms in total. The van der Waals surface area contributed by atoms with Crippen molar-refractivity contribution in [3.05, 3.63) is 47.5 Å². The van der Waals surface area contributed by atoms with Crippen LogP contribution in [0.2, 0.25) is 4.87 Å². The Morgan fingerprint density at radius 3 is 3.03 bits per heavy atom. The Kier molecular flexibility index (Phi) is 7.02. The van der Waals surface area contributed by atoms with E-state index in [-0.39, 0.29) is 11.6 Å². The van der Waals surface area contributed by atoms with E-state index >= 15 is 0 Å². The molecule has 1 aromatic heterocycles. The number of rotatable bonds is 8. The molecular formula is C23H31FN5OSb. The van der Waals surface area contributed by atoms with E-state index in [4.69, 9.17) is 0 Å². The van der Waals surface area contributed by atoms with Gasteiger partial charge in [-0.2, -0.15) is 0 Å². The first-order valence-electron chi connectivity index (χ1n) is 11.0. The van der Waals surface area contributed by atoms with Crippen molar-refractivity contribution in [1.82, 2.24) is 19.0 Å². The number of aromatic amines is 1. The number of H-pyrrole nitrogens is 1.